The van der Waals surface area contributed by atoms with Crippen LogP contribution in [-0.2, 0) is 17.1 Å². The molecule has 2 aromatic heterocycles. The largest absolute Gasteiger partial charge is 0.337 e. The molecule has 2 N–H and O–H groups in total. The zero-order valence-corrected chi connectivity index (χ0v) is 14.0. The molecule has 1 saturated heterocycles. The molecule has 3 rings (SSSR count). The molecular weight excluding hydrogens is 328 g/mol. The summed E-state index contributed by atoms with van der Waals surface area (Å²) < 4.78 is 29.1. The van der Waals surface area contributed by atoms with Gasteiger partial charge < -0.3 is 9.88 Å². The van der Waals surface area contributed by atoms with Crippen molar-refractivity contribution in [3.63, 3.8) is 0 Å². The van der Waals surface area contributed by atoms with E-state index >= 15 is 0 Å². The molecule has 1 unspecified atom stereocenters. The Morgan fingerprint density at radius 1 is 1.41 bits per heavy atom. The fourth-order valence-corrected chi connectivity index (χ4v) is 4.32. The molecule has 0 saturated carbocycles. The maximum atomic E-state index is 12.9. The molecule has 2 aromatic rings. The van der Waals surface area contributed by atoms with E-state index in [9.17, 15) is 8.42 Å². The molecular formula is C12H19ClN6O2S. The van der Waals surface area contributed by atoms with Gasteiger partial charge in [-0.1, -0.05) is 0 Å². The monoisotopic (exact) mass is 346 g/mol. The van der Waals surface area contributed by atoms with Crippen molar-refractivity contribution in [2.45, 2.75) is 17.9 Å². The van der Waals surface area contributed by atoms with Gasteiger partial charge in [0.2, 0.25) is 10.0 Å². The smallest absolute Gasteiger partial charge is 0.247 e. The summed E-state index contributed by atoms with van der Waals surface area (Å²) in [4.78, 5) is 4.53. The molecule has 1 fully saturated rings. The lowest BCUT2D eigenvalue weighted by molar-refractivity contribution is 0.258. The molecule has 0 aromatic carbocycles. The van der Waals surface area contributed by atoms with Gasteiger partial charge in [0.05, 0.1) is 17.9 Å². The zero-order valence-electron chi connectivity index (χ0n) is 12.4. The SMILES string of the molecule is Cc1[nH]ncc1S(=O)(=O)N1CCNCC1c1nccn1C.Cl. The normalized spacial score (nSPS) is 19.8. The van der Waals surface area contributed by atoms with E-state index in [1.54, 1.807) is 13.1 Å². The van der Waals surface area contributed by atoms with E-state index < -0.39 is 10.0 Å². The number of nitrogens with one attached hydrogen (secondary N) is 2. The summed E-state index contributed by atoms with van der Waals surface area (Å²) in [5.41, 5.74) is 0.548. The van der Waals surface area contributed by atoms with E-state index in [0.717, 1.165) is 5.82 Å². The highest BCUT2D eigenvalue weighted by molar-refractivity contribution is 7.89. The van der Waals surface area contributed by atoms with Gasteiger partial charge in [-0.25, -0.2) is 13.4 Å². The molecule has 122 valence electrons. The maximum absolute atomic E-state index is 12.9. The molecule has 0 bridgehead atoms. The number of aryl methyl sites for hydroxylation is 2. The third-order valence-electron chi connectivity index (χ3n) is 3.72. The Labute approximate surface area is 135 Å². The Bertz CT molecular complexity index is 740. The summed E-state index contributed by atoms with van der Waals surface area (Å²) in [6.07, 6.45) is 4.86. The summed E-state index contributed by atoms with van der Waals surface area (Å²) in [7, 11) is -1.73. The Hall–Kier alpha value is -1.42. The Kier molecular flexibility index (Phi) is 4.90. The minimum atomic E-state index is -3.60. The molecule has 0 aliphatic carbocycles. The standard InChI is InChI=1S/C12H18N6O2S.ClH/c1-9-11(8-15-16-9)21(19,20)18-6-3-13-7-10(18)12-14-4-5-17(12)2;/h4-5,8,10,13H,3,6-7H2,1-2H3,(H,15,16);1H. The van der Waals surface area contributed by atoms with Gasteiger partial charge in [-0.05, 0) is 6.92 Å². The average molecular weight is 347 g/mol. The van der Waals surface area contributed by atoms with Gasteiger partial charge in [0.15, 0.2) is 0 Å². The molecule has 22 heavy (non-hydrogen) atoms. The number of halogens is 1. The Morgan fingerprint density at radius 3 is 2.77 bits per heavy atom. The molecule has 0 spiro atoms. The average Bonchev–Trinajstić information content (AvgIpc) is 3.07. The number of aromatic amines is 1. The predicted octanol–water partition coefficient (Wildman–Crippen LogP) is 0.209. The van der Waals surface area contributed by atoms with Crippen molar-refractivity contribution in [1.29, 1.82) is 0 Å². The van der Waals surface area contributed by atoms with E-state index in [-0.39, 0.29) is 23.3 Å². The number of rotatable bonds is 3. The lowest BCUT2D eigenvalue weighted by Crippen LogP contribution is -2.49. The van der Waals surface area contributed by atoms with E-state index in [0.29, 0.717) is 25.3 Å². The zero-order chi connectivity index (χ0) is 15.0. The van der Waals surface area contributed by atoms with Crippen LogP contribution in [0.15, 0.2) is 23.5 Å². The number of hydrogen-bond acceptors (Lipinski definition) is 5. The van der Waals surface area contributed by atoms with Crippen molar-refractivity contribution in [1.82, 2.24) is 29.4 Å². The lowest BCUT2D eigenvalue weighted by atomic mass is 10.2. The highest BCUT2D eigenvalue weighted by Crippen LogP contribution is 2.28. The minimum Gasteiger partial charge on any atom is -0.337 e. The molecule has 10 heteroatoms. The number of H-pyrrole nitrogens is 1. The van der Waals surface area contributed by atoms with E-state index in [1.165, 1.54) is 10.5 Å². The summed E-state index contributed by atoms with van der Waals surface area (Å²) >= 11 is 0. The first-order valence-corrected chi connectivity index (χ1v) is 8.15. The van der Waals surface area contributed by atoms with Crippen molar-refractivity contribution in [3.05, 3.63) is 30.1 Å². The van der Waals surface area contributed by atoms with Crippen LogP contribution >= 0.6 is 12.4 Å². The third kappa shape index (κ3) is 2.76. The van der Waals surface area contributed by atoms with Gasteiger partial charge in [0, 0.05) is 39.1 Å². The van der Waals surface area contributed by atoms with Crippen LogP contribution in [0.5, 0.6) is 0 Å². The van der Waals surface area contributed by atoms with Crippen LogP contribution in [0.1, 0.15) is 17.6 Å². The molecule has 8 nitrogen and oxygen atoms in total. The number of aromatic nitrogens is 4. The van der Waals surface area contributed by atoms with Crippen molar-refractivity contribution < 1.29 is 8.42 Å². The van der Waals surface area contributed by atoms with Gasteiger partial charge >= 0.3 is 0 Å². The highest BCUT2D eigenvalue weighted by Gasteiger charge is 2.37. The Balaban J connectivity index is 0.00000176. The molecule has 0 amide bonds. The van der Waals surface area contributed by atoms with Crippen molar-refractivity contribution in [3.8, 4) is 0 Å². The summed E-state index contributed by atoms with van der Waals surface area (Å²) in [5, 5.41) is 9.73. The van der Waals surface area contributed by atoms with E-state index in [4.69, 9.17) is 0 Å². The summed E-state index contributed by atoms with van der Waals surface area (Å²) in [6.45, 7) is 3.28. The second kappa shape index (κ2) is 6.37. The van der Waals surface area contributed by atoms with Gasteiger partial charge in [-0.2, -0.15) is 9.40 Å². The summed E-state index contributed by atoms with van der Waals surface area (Å²) in [5.74, 6) is 0.729. The number of nitrogens with zero attached hydrogens (tertiary/aromatic N) is 4. The van der Waals surface area contributed by atoms with Crippen LogP contribution < -0.4 is 5.32 Å². The number of piperazine rings is 1. The quantitative estimate of drug-likeness (QED) is 0.828. The summed E-state index contributed by atoms with van der Waals surface area (Å²) in [6, 6.07) is -0.321. The number of imidazole rings is 1. The fraction of sp³-hybridized carbons (Fsp3) is 0.500. The van der Waals surface area contributed by atoms with Crippen molar-refractivity contribution >= 4 is 22.4 Å². The first-order chi connectivity index (χ1) is 10.0. The molecule has 0 radical (unpaired) electrons. The van der Waals surface area contributed by atoms with Crippen LogP contribution in [0.4, 0.5) is 0 Å². The maximum Gasteiger partial charge on any atom is 0.247 e. The van der Waals surface area contributed by atoms with Crippen LogP contribution in [-0.4, -0.2) is 52.1 Å². The van der Waals surface area contributed by atoms with Gasteiger partial charge in [-0.15, -0.1) is 12.4 Å². The second-order valence-electron chi connectivity index (χ2n) is 5.09. The van der Waals surface area contributed by atoms with E-state index in [1.807, 2.05) is 17.8 Å². The highest BCUT2D eigenvalue weighted by atomic mass is 35.5. The molecule has 3 heterocycles. The van der Waals surface area contributed by atoms with Crippen molar-refractivity contribution in [2.75, 3.05) is 19.6 Å². The van der Waals surface area contributed by atoms with Crippen molar-refractivity contribution in [2.24, 2.45) is 7.05 Å². The fourth-order valence-electron chi connectivity index (χ4n) is 2.62. The topological polar surface area (TPSA) is 95.9 Å². The van der Waals surface area contributed by atoms with Gasteiger partial charge in [0.25, 0.3) is 0 Å². The number of sulfonamides is 1. The molecule has 1 aliphatic rings. The lowest BCUT2D eigenvalue weighted by Gasteiger charge is -2.34. The predicted molar refractivity (Wildman–Crippen MR) is 83.3 cm³/mol. The van der Waals surface area contributed by atoms with Crippen LogP contribution in [0.2, 0.25) is 0 Å². The molecule has 1 atom stereocenters. The van der Waals surface area contributed by atoms with Gasteiger partial charge in [0.1, 0.15) is 10.7 Å². The van der Waals surface area contributed by atoms with Crippen LogP contribution in [0, 0.1) is 6.92 Å². The molecule has 1 aliphatic heterocycles. The second-order valence-corrected chi connectivity index (χ2v) is 6.95. The van der Waals surface area contributed by atoms with Gasteiger partial charge in [-0.3, -0.25) is 5.10 Å². The van der Waals surface area contributed by atoms with Crippen LogP contribution in [0.3, 0.4) is 0 Å². The number of hydrogen-bond donors (Lipinski definition) is 2. The third-order valence-corrected chi connectivity index (χ3v) is 5.74. The minimum absolute atomic E-state index is 0. The first kappa shape index (κ1) is 16.9. The van der Waals surface area contributed by atoms with E-state index in [2.05, 4.69) is 20.5 Å². The van der Waals surface area contributed by atoms with Crippen LogP contribution in [0.25, 0.3) is 0 Å². The first-order valence-electron chi connectivity index (χ1n) is 6.71. The Morgan fingerprint density at radius 2 is 2.18 bits per heavy atom.